The smallest absolute Gasteiger partial charge is 0.128 e. The number of methoxy groups -OCH3 is 1. The third kappa shape index (κ3) is 2.65. The number of ether oxygens (including phenoxy) is 2. The zero-order valence-electron chi connectivity index (χ0n) is 12.0. The van der Waals surface area contributed by atoms with Crippen molar-refractivity contribution >= 4 is 15.9 Å². The van der Waals surface area contributed by atoms with Crippen LogP contribution in [0.4, 0.5) is 0 Å². The molecule has 0 aromatic heterocycles. The zero-order valence-corrected chi connectivity index (χ0v) is 13.6. The standard InChI is InChI=1S/C17H17BrO3/c1-10-3-4-11(8-15(10)20-2)16(19)14-9-13(18)7-12-5-6-21-17(12)14/h3-4,7-9,16,19H,5-6H2,1-2H3. The summed E-state index contributed by atoms with van der Waals surface area (Å²) in [6.45, 7) is 2.65. The van der Waals surface area contributed by atoms with Gasteiger partial charge in [-0.15, -0.1) is 0 Å². The molecule has 3 rings (SSSR count). The van der Waals surface area contributed by atoms with Gasteiger partial charge in [0.2, 0.25) is 0 Å². The molecule has 0 bridgehead atoms. The Bertz CT molecular complexity index is 682. The molecule has 1 aliphatic heterocycles. The van der Waals surface area contributed by atoms with E-state index in [0.29, 0.717) is 6.61 Å². The monoisotopic (exact) mass is 348 g/mol. The molecule has 1 aliphatic rings. The minimum absolute atomic E-state index is 0.669. The van der Waals surface area contributed by atoms with Crippen LogP contribution in [0.25, 0.3) is 0 Å². The first-order valence-corrected chi connectivity index (χ1v) is 7.67. The summed E-state index contributed by atoms with van der Waals surface area (Å²) in [4.78, 5) is 0. The van der Waals surface area contributed by atoms with Gasteiger partial charge in [-0.2, -0.15) is 0 Å². The highest BCUT2D eigenvalue weighted by Crippen LogP contribution is 2.39. The largest absolute Gasteiger partial charge is 0.496 e. The third-order valence-electron chi connectivity index (χ3n) is 3.82. The van der Waals surface area contributed by atoms with Crippen molar-refractivity contribution in [2.75, 3.05) is 13.7 Å². The van der Waals surface area contributed by atoms with Crippen molar-refractivity contribution in [2.45, 2.75) is 19.4 Å². The summed E-state index contributed by atoms with van der Waals surface area (Å²) in [5.74, 6) is 1.59. The number of aliphatic hydroxyl groups is 1. The summed E-state index contributed by atoms with van der Waals surface area (Å²) in [6.07, 6.45) is 0.148. The first-order valence-electron chi connectivity index (χ1n) is 6.88. The van der Waals surface area contributed by atoms with Crippen LogP contribution >= 0.6 is 15.9 Å². The lowest BCUT2D eigenvalue weighted by atomic mass is 9.97. The Morgan fingerprint density at radius 2 is 2.10 bits per heavy atom. The number of hydrogen-bond acceptors (Lipinski definition) is 3. The number of halogens is 1. The second-order valence-electron chi connectivity index (χ2n) is 5.21. The van der Waals surface area contributed by atoms with Crippen molar-refractivity contribution in [3.63, 3.8) is 0 Å². The molecule has 21 heavy (non-hydrogen) atoms. The van der Waals surface area contributed by atoms with Crippen molar-refractivity contribution in [1.82, 2.24) is 0 Å². The molecule has 0 radical (unpaired) electrons. The highest BCUT2D eigenvalue weighted by Gasteiger charge is 2.23. The maximum absolute atomic E-state index is 10.7. The number of aryl methyl sites for hydroxylation is 1. The van der Waals surface area contributed by atoms with Crippen LogP contribution in [-0.4, -0.2) is 18.8 Å². The molecule has 0 spiro atoms. The molecular weight excluding hydrogens is 332 g/mol. The van der Waals surface area contributed by atoms with Crippen molar-refractivity contribution < 1.29 is 14.6 Å². The van der Waals surface area contributed by atoms with E-state index < -0.39 is 6.10 Å². The lowest BCUT2D eigenvalue weighted by molar-refractivity contribution is 0.213. The molecule has 3 nitrogen and oxygen atoms in total. The fraction of sp³-hybridized carbons (Fsp3) is 0.294. The van der Waals surface area contributed by atoms with Gasteiger partial charge in [0, 0.05) is 16.5 Å². The molecule has 110 valence electrons. The van der Waals surface area contributed by atoms with Gasteiger partial charge < -0.3 is 14.6 Å². The summed E-state index contributed by atoms with van der Waals surface area (Å²) in [6, 6.07) is 9.72. The first-order chi connectivity index (χ1) is 10.1. The predicted octanol–water partition coefficient (Wildman–Crippen LogP) is 3.78. The molecule has 1 N–H and O–H groups in total. The number of benzene rings is 2. The third-order valence-corrected chi connectivity index (χ3v) is 4.28. The van der Waals surface area contributed by atoms with Crippen LogP contribution < -0.4 is 9.47 Å². The van der Waals surface area contributed by atoms with Crippen LogP contribution in [0.2, 0.25) is 0 Å². The molecule has 4 heteroatoms. The van der Waals surface area contributed by atoms with E-state index in [0.717, 1.165) is 44.6 Å². The van der Waals surface area contributed by atoms with Crippen LogP contribution in [0.3, 0.4) is 0 Å². The average Bonchev–Trinajstić information content (AvgIpc) is 2.94. The molecule has 2 aromatic carbocycles. The molecule has 1 unspecified atom stereocenters. The molecule has 0 amide bonds. The number of aliphatic hydroxyl groups excluding tert-OH is 1. The van der Waals surface area contributed by atoms with E-state index in [1.165, 1.54) is 0 Å². The van der Waals surface area contributed by atoms with Crippen LogP contribution in [0.15, 0.2) is 34.8 Å². The highest BCUT2D eigenvalue weighted by molar-refractivity contribution is 9.10. The maximum Gasteiger partial charge on any atom is 0.128 e. The second-order valence-corrected chi connectivity index (χ2v) is 6.13. The lowest BCUT2D eigenvalue weighted by Crippen LogP contribution is -2.03. The Morgan fingerprint density at radius 1 is 1.29 bits per heavy atom. The SMILES string of the molecule is COc1cc(C(O)c2cc(Br)cc3c2OCC3)ccc1C. The fourth-order valence-electron chi connectivity index (χ4n) is 2.69. The number of hydrogen-bond donors (Lipinski definition) is 1. The van der Waals surface area contributed by atoms with Crippen molar-refractivity contribution in [3.05, 3.63) is 57.1 Å². The number of rotatable bonds is 3. The minimum Gasteiger partial charge on any atom is -0.496 e. The Kier molecular flexibility index (Phi) is 3.91. The Balaban J connectivity index is 2.05. The van der Waals surface area contributed by atoms with Crippen LogP contribution in [0.1, 0.15) is 28.4 Å². The lowest BCUT2D eigenvalue weighted by Gasteiger charge is -2.17. The highest BCUT2D eigenvalue weighted by atomic mass is 79.9. The van der Waals surface area contributed by atoms with Gasteiger partial charge in [0.1, 0.15) is 17.6 Å². The van der Waals surface area contributed by atoms with Crippen molar-refractivity contribution in [3.8, 4) is 11.5 Å². The van der Waals surface area contributed by atoms with E-state index in [4.69, 9.17) is 9.47 Å². The Morgan fingerprint density at radius 3 is 2.86 bits per heavy atom. The van der Waals surface area contributed by atoms with Gasteiger partial charge in [-0.25, -0.2) is 0 Å². The zero-order chi connectivity index (χ0) is 15.0. The molecule has 1 atom stereocenters. The molecule has 0 fully saturated rings. The summed E-state index contributed by atoms with van der Waals surface area (Å²) in [5.41, 5.74) is 3.78. The van der Waals surface area contributed by atoms with E-state index in [-0.39, 0.29) is 0 Å². The molecule has 0 aliphatic carbocycles. The first kappa shape index (κ1) is 14.4. The van der Waals surface area contributed by atoms with E-state index in [1.807, 2.05) is 37.3 Å². The van der Waals surface area contributed by atoms with Gasteiger partial charge in [0.25, 0.3) is 0 Å². The summed E-state index contributed by atoms with van der Waals surface area (Å²) in [7, 11) is 1.64. The van der Waals surface area contributed by atoms with Gasteiger partial charge >= 0.3 is 0 Å². The van der Waals surface area contributed by atoms with E-state index in [9.17, 15) is 5.11 Å². The molecule has 0 saturated carbocycles. The molecular formula is C17H17BrO3. The van der Waals surface area contributed by atoms with Gasteiger partial charge in [0.05, 0.1) is 13.7 Å². The molecule has 2 aromatic rings. The summed E-state index contributed by atoms with van der Waals surface area (Å²) < 4.78 is 12.0. The average molecular weight is 349 g/mol. The van der Waals surface area contributed by atoms with Crippen LogP contribution in [0.5, 0.6) is 11.5 Å². The van der Waals surface area contributed by atoms with Crippen molar-refractivity contribution in [1.29, 1.82) is 0 Å². The second kappa shape index (κ2) is 5.70. The Labute approximate surface area is 132 Å². The van der Waals surface area contributed by atoms with E-state index in [2.05, 4.69) is 15.9 Å². The van der Waals surface area contributed by atoms with E-state index >= 15 is 0 Å². The Hall–Kier alpha value is -1.52. The van der Waals surface area contributed by atoms with Gasteiger partial charge in [-0.05, 0) is 41.8 Å². The van der Waals surface area contributed by atoms with Gasteiger partial charge in [0.15, 0.2) is 0 Å². The molecule has 1 heterocycles. The topological polar surface area (TPSA) is 38.7 Å². The molecule has 0 saturated heterocycles. The van der Waals surface area contributed by atoms with E-state index in [1.54, 1.807) is 7.11 Å². The minimum atomic E-state index is -0.733. The predicted molar refractivity (Wildman–Crippen MR) is 85.1 cm³/mol. The quantitative estimate of drug-likeness (QED) is 0.917. The number of fused-ring (bicyclic) bond motifs is 1. The normalized spacial score (nSPS) is 14.5. The maximum atomic E-state index is 10.7. The van der Waals surface area contributed by atoms with Gasteiger partial charge in [-0.1, -0.05) is 28.1 Å². The van der Waals surface area contributed by atoms with Crippen molar-refractivity contribution in [2.24, 2.45) is 0 Å². The summed E-state index contributed by atoms with van der Waals surface area (Å²) in [5, 5.41) is 10.7. The van der Waals surface area contributed by atoms with Gasteiger partial charge in [-0.3, -0.25) is 0 Å². The van der Waals surface area contributed by atoms with Crippen LogP contribution in [-0.2, 0) is 6.42 Å². The summed E-state index contributed by atoms with van der Waals surface area (Å²) >= 11 is 3.50. The fourth-order valence-corrected chi connectivity index (χ4v) is 3.21. The van der Waals surface area contributed by atoms with Crippen LogP contribution in [0, 0.1) is 6.92 Å².